The van der Waals surface area contributed by atoms with Crippen molar-refractivity contribution in [2.75, 3.05) is 6.54 Å². The number of rotatable bonds is 1. The molecule has 0 spiro atoms. The van der Waals surface area contributed by atoms with Gasteiger partial charge in [0.05, 0.1) is 0 Å². The van der Waals surface area contributed by atoms with Crippen molar-refractivity contribution in [3.63, 3.8) is 0 Å². The van der Waals surface area contributed by atoms with E-state index in [4.69, 9.17) is 0 Å². The predicted molar refractivity (Wildman–Crippen MR) is 68.9 cm³/mol. The molecule has 1 heterocycles. The Morgan fingerprint density at radius 1 is 1.15 bits per heavy atom. The predicted octanol–water partition coefficient (Wildman–Crippen LogP) is 2.15. The average Bonchev–Trinajstić information content (AvgIpc) is 2.90. The zero-order valence-corrected chi connectivity index (χ0v) is 11.2. The van der Waals surface area contributed by atoms with Gasteiger partial charge in [-0.15, -0.1) is 0 Å². The van der Waals surface area contributed by atoms with Crippen LogP contribution in [0.4, 0.5) is 8.78 Å². The third-order valence-electron chi connectivity index (χ3n) is 4.41. The van der Waals surface area contributed by atoms with E-state index in [0.29, 0.717) is 31.4 Å². The van der Waals surface area contributed by atoms with Gasteiger partial charge in [-0.2, -0.15) is 0 Å². The van der Waals surface area contributed by atoms with Crippen molar-refractivity contribution in [3.05, 3.63) is 34.9 Å². The lowest BCUT2D eigenvalue weighted by atomic mass is 9.95. The van der Waals surface area contributed by atoms with Crippen LogP contribution >= 0.6 is 0 Å². The SMILES string of the molecule is O=C(N1CCc2c(F)ccc(F)c2C1)C1(O)CCCC1. The van der Waals surface area contributed by atoms with Crippen molar-refractivity contribution in [2.24, 2.45) is 0 Å². The monoisotopic (exact) mass is 281 g/mol. The molecule has 1 N–H and O–H groups in total. The van der Waals surface area contributed by atoms with Crippen LogP contribution in [0, 0.1) is 11.6 Å². The molecule has 1 fully saturated rings. The molecule has 1 saturated carbocycles. The summed E-state index contributed by atoms with van der Waals surface area (Å²) in [6.45, 7) is 0.370. The van der Waals surface area contributed by atoms with Gasteiger partial charge in [0.15, 0.2) is 0 Å². The fraction of sp³-hybridized carbons (Fsp3) is 0.533. The van der Waals surface area contributed by atoms with E-state index in [9.17, 15) is 18.7 Å². The smallest absolute Gasteiger partial charge is 0.254 e. The number of hydrogen-bond acceptors (Lipinski definition) is 2. The van der Waals surface area contributed by atoms with Gasteiger partial charge in [0.25, 0.3) is 5.91 Å². The zero-order chi connectivity index (χ0) is 14.3. The first-order valence-electron chi connectivity index (χ1n) is 6.99. The van der Waals surface area contributed by atoms with Crippen molar-refractivity contribution in [2.45, 2.75) is 44.2 Å². The van der Waals surface area contributed by atoms with Crippen LogP contribution in [-0.2, 0) is 17.8 Å². The fourth-order valence-electron chi connectivity index (χ4n) is 3.24. The van der Waals surface area contributed by atoms with Crippen molar-refractivity contribution in [1.82, 2.24) is 4.90 Å². The number of aliphatic hydroxyl groups is 1. The number of amides is 1. The first-order chi connectivity index (χ1) is 9.51. The van der Waals surface area contributed by atoms with E-state index in [1.165, 1.54) is 4.90 Å². The molecule has 0 unspecified atom stereocenters. The number of fused-ring (bicyclic) bond motifs is 1. The third-order valence-corrected chi connectivity index (χ3v) is 4.41. The van der Waals surface area contributed by atoms with Crippen LogP contribution in [0.2, 0.25) is 0 Å². The molecule has 1 aromatic rings. The molecule has 3 nitrogen and oxygen atoms in total. The highest BCUT2D eigenvalue weighted by molar-refractivity contribution is 5.85. The number of carbonyl (C=O) groups is 1. The summed E-state index contributed by atoms with van der Waals surface area (Å²) in [7, 11) is 0. The van der Waals surface area contributed by atoms with E-state index < -0.39 is 17.2 Å². The highest BCUT2D eigenvalue weighted by Gasteiger charge is 2.42. The van der Waals surface area contributed by atoms with Crippen LogP contribution in [0.1, 0.15) is 36.8 Å². The summed E-state index contributed by atoms with van der Waals surface area (Å²) in [6, 6.07) is 2.21. The minimum Gasteiger partial charge on any atom is -0.380 e. The van der Waals surface area contributed by atoms with Gasteiger partial charge in [-0.25, -0.2) is 8.78 Å². The normalized spacial score (nSPS) is 20.9. The van der Waals surface area contributed by atoms with Gasteiger partial charge in [0.2, 0.25) is 0 Å². The molecule has 0 saturated heterocycles. The second-order valence-electron chi connectivity index (χ2n) is 5.70. The van der Waals surface area contributed by atoms with Gasteiger partial charge in [0.1, 0.15) is 17.2 Å². The van der Waals surface area contributed by atoms with Crippen LogP contribution in [0.5, 0.6) is 0 Å². The lowest BCUT2D eigenvalue weighted by Gasteiger charge is -2.34. The Balaban J connectivity index is 1.85. The van der Waals surface area contributed by atoms with Gasteiger partial charge in [-0.3, -0.25) is 4.79 Å². The molecule has 1 aliphatic heterocycles. The van der Waals surface area contributed by atoms with Crippen LogP contribution in [0.3, 0.4) is 0 Å². The summed E-state index contributed by atoms with van der Waals surface area (Å²) in [6.07, 6.45) is 2.87. The molecule has 0 radical (unpaired) electrons. The number of benzene rings is 1. The number of halogens is 2. The molecule has 1 aromatic carbocycles. The average molecular weight is 281 g/mol. The summed E-state index contributed by atoms with van der Waals surface area (Å²) < 4.78 is 27.4. The Labute approximate surface area is 116 Å². The molecule has 0 atom stereocenters. The molecule has 20 heavy (non-hydrogen) atoms. The Hall–Kier alpha value is -1.49. The van der Waals surface area contributed by atoms with Gasteiger partial charge < -0.3 is 10.0 Å². The first-order valence-corrected chi connectivity index (χ1v) is 6.99. The van der Waals surface area contributed by atoms with Crippen molar-refractivity contribution >= 4 is 5.91 Å². The Morgan fingerprint density at radius 2 is 1.75 bits per heavy atom. The molecule has 1 amide bonds. The van der Waals surface area contributed by atoms with Gasteiger partial charge in [0, 0.05) is 18.7 Å². The maximum atomic E-state index is 13.8. The zero-order valence-electron chi connectivity index (χ0n) is 11.2. The first kappa shape index (κ1) is 13.5. The molecule has 3 rings (SSSR count). The summed E-state index contributed by atoms with van der Waals surface area (Å²) in [5.74, 6) is -1.25. The Bertz CT molecular complexity index is 553. The lowest BCUT2D eigenvalue weighted by Crippen LogP contribution is -2.49. The lowest BCUT2D eigenvalue weighted by molar-refractivity contribution is -0.151. The van der Waals surface area contributed by atoms with E-state index in [1.807, 2.05) is 0 Å². The van der Waals surface area contributed by atoms with E-state index in [1.54, 1.807) is 0 Å². The molecule has 5 heteroatoms. The summed E-state index contributed by atoms with van der Waals surface area (Å²) in [5, 5.41) is 10.3. The maximum Gasteiger partial charge on any atom is 0.254 e. The van der Waals surface area contributed by atoms with E-state index in [2.05, 4.69) is 0 Å². The minimum atomic E-state index is -1.30. The van der Waals surface area contributed by atoms with E-state index in [0.717, 1.165) is 25.0 Å². The van der Waals surface area contributed by atoms with E-state index in [-0.39, 0.29) is 18.0 Å². The minimum absolute atomic E-state index is 0.0417. The van der Waals surface area contributed by atoms with E-state index >= 15 is 0 Å². The molecule has 1 aliphatic carbocycles. The highest BCUT2D eigenvalue weighted by atomic mass is 19.1. The van der Waals surface area contributed by atoms with Crippen LogP contribution in [0.25, 0.3) is 0 Å². The summed E-state index contributed by atoms with van der Waals surface area (Å²) in [4.78, 5) is 13.8. The van der Waals surface area contributed by atoms with Crippen LogP contribution in [0.15, 0.2) is 12.1 Å². The molecule has 0 aromatic heterocycles. The summed E-state index contributed by atoms with van der Waals surface area (Å²) in [5.41, 5.74) is -0.708. The summed E-state index contributed by atoms with van der Waals surface area (Å²) >= 11 is 0. The highest BCUT2D eigenvalue weighted by Crippen LogP contribution is 2.33. The second-order valence-corrected chi connectivity index (χ2v) is 5.70. The molecular formula is C15H17F2NO2. The van der Waals surface area contributed by atoms with Gasteiger partial charge >= 0.3 is 0 Å². The maximum absolute atomic E-state index is 13.8. The van der Waals surface area contributed by atoms with Crippen molar-refractivity contribution in [1.29, 1.82) is 0 Å². The van der Waals surface area contributed by atoms with Crippen molar-refractivity contribution < 1.29 is 18.7 Å². The molecule has 0 bridgehead atoms. The molecule has 2 aliphatic rings. The topological polar surface area (TPSA) is 40.5 Å². The number of nitrogens with zero attached hydrogens (tertiary/aromatic N) is 1. The quantitative estimate of drug-likeness (QED) is 0.857. The standard InChI is InChI=1S/C15H17F2NO2/c16-12-3-4-13(17)11-9-18(8-5-10(11)12)14(19)15(20)6-1-2-7-15/h3-4,20H,1-2,5-9H2. The third kappa shape index (κ3) is 2.10. The molecular weight excluding hydrogens is 264 g/mol. The van der Waals surface area contributed by atoms with Gasteiger partial charge in [-0.1, -0.05) is 0 Å². The van der Waals surface area contributed by atoms with Crippen molar-refractivity contribution in [3.8, 4) is 0 Å². The Kier molecular flexibility index (Phi) is 3.24. The second kappa shape index (κ2) is 4.81. The number of hydrogen-bond donors (Lipinski definition) is 1. The number of carbonyl (C=O) groups excluding carboxylic acids is 1. The van der Waals surface area contributed by atoms with Gasteiger partial charge in [-0.05, 0) is 49.8 Å². The molecule has 108 valence electrons. The fourth-order valence-corrected chi connectivity index (χ4v) is 3.24. The van der Waals surface area contributed by atoms with Crippen LogP contribution in [-0.4, -0.2) is 28.1 Å². The largest absolute Gasteiger partial charge is 0.380 e. The van der Waals surface area contributed by atoms with Crippen LogP contribution < -0.4 is 0 Å². The Morgan fingerprint density at radius 3 is 2.40 bits per heavy atom.